The Morgan fingerprint density at radius 2 is 2.06 bits per heavy atom. The van der Waals surface area contributed by atoms with Crippen LogP contribution in [0, 0.1) is 23.1 Å². The van der Waals surface area contributed by atoms with E-state index in [-0.39, 0.29) is 23.1 Å². The van der Waals surface area contributed by atoms with Crippen molar-refractivity contribution in [3.8, 4) is 17.2 Å². The van der Waals surface area contributed by atoms with Crippen molar-refractivity contribution in [2.45, 2.75) is 45.0 Å². The van der Waals surface area contributed by atoms with Crippen molar-refractivity contribution in [1.82, 2.24) is 14.7 Å². The summed E-state index contributed by atoms with van der Waals surface area (Å²) in [5.74, 6) is -0.456. The monoisotopic (exact) mass is 490 g/mol. The number of nitrogens with one attached hydrogen (secondary N) is 1. The van der Waals surface area contributed by atoms with E-state index in [1.54, 1.807) is 23.0 Å². The fourth-order valence-electron chi connectivity index (χ4n) is 4.16. The number of nitrogens with zero attached hydrogens (tertiary/aromatic N) is 4. The molecular weight excluding hydrogens is 459 g/mol. The predicted molar refractivity (Wildman–Crippen MR) is 135 cm³/mol. The zero-order chi connectivity index (χ0) is 25.5. The molecule has 1 aliphatic carbocycles. The van der Waals surface area contributed by atoms with Gasteiger partial charge in [-0.15, -0.1) is 0 Å². The number of hydrogen-bond donors (Lipinski definition) is 3. The first kappa shape index (κ1) is 25.4. The lowest BCUT2D eigenvalue weighted by Crippen LogP contribution is -2.28. The first-order chi connectivity index (χ1) is 17.4. The number of rotatable bonds is 13. The van der Waals surface area contributed by atoms with Gasteiger partial charge in [0.25, 0.3) is 5.91 Å². The van der Waals surface area contributed by atoms with Gasteiger partial charge in [0.2, 0.25) is 0 Å². The number of nitrogens with two attached hydrogens (primary N) is 1. The van der Waals surface area contributed by atoms with Crippen molar-refractivity contribution < 1.29 is 14.3 Å². The van der Waals surface area contributed by atoms with E-state index in [4.69, 9.17) is 11.0 Å². The number of unbranched alkanes of at least 4 members (excludes halogenated alkanes) is 1. The molecule has 2 aromatic carbocycles. The van der Waals surface area contributed by atoms with Crippen molar-refractivity contribution >= 4 is 11.7 Å². The number of aliphatic hydroxyl groups is 1. The second-order valence-electron chi connectivity index (χ2n) is 9.16. The maximum Gasteiger partial charge on any atom is 0.254 e. The highest BCUT2D eigenvalue weighted by atomic mass is 19.1. The van der Waals surface area contributed by atoms with Crippen LogP contribution in [-0.4, -0.2) is 45.0 Å². The lowest BCUT2D eigenvalue weighted by Gasteiger charge is -2.22. The smallest absolute Gasteiger partial charge is 0.254 e. The SMILES string of the molecule is N#CCCCN(CCn1cc(C(N)=O)c(NC(O)C2CC2)n1)Cc1ccc(-c2ccccc2)c(F)c1. The molecule has 36 heavy (non-hydrogen) atoms. The molecule has 8 nitrogen and oxygen atoms in total. The van der Waals surface area contributed by atoms with Crippen LogP contribution >= 0.6 is 0 Å². The molecule has 1 aliphatic rings. The summed E-state index contributed by atoms with van der Waals surface area (Å²) in [5.41, 5.74) is 7.95. The van der Waals surface area contributed by atoms with E-state index in [0.717, 1.165) is 24.0 Å². The number of benzene rings is 2. The lowest BCUT2D eigenvalue weighted by molar-refractivity contribution is 0.100. The van der Waals surface area contributed by atoms with E-state index in [9.17, 15) is 14.3 Å². The molecule has 4 N–H and O–H groups in total. The average Bonchev–Trinajstić information content (AvgIpc) is 3.64. The molecule has 1 amide bonds. The highest BCUT2D eigenvalue weighted by Crippen LogP contribution is 2.33. The van der Waals surface area contributed by atoms with E-state index in [1.165, 1.54) is 0 Å². The fourth-order valence-corrected chi connectivity index (χ4v) is 4.16. The Kier molecular flexibility index (Phi) is 8.31. The van der Waals surface area contributed by atoms with Gasteiger partial charge in [-0.2, -0.15) is 10.4 Å². The van der Waals surface area contributed by atoms with Gasteiger partial charge >= 0.3 is 0 Å². The third-order valence-electron chi connectivity index (χ3n) is 6.31. The summed E-state index contributed by atoms with van der Waals surface area (Å²) in [7, 11) is 0. The second kappa shape index (κ2) is 11.8. The molecule has 3 aromatic rings. The molecule has 4 rings (SSSR count). The van der Waals surface area contributed by atoms with Crippen LogP contribution in [0.15, 0.2) is 54.7 Å². The molecule has 1 aromatic heterocycles. The van der Waals surface area contributed by atoms with Gasteiger partial charge < -0.3 is 16.2 Å². The summed E-state index contributed by atoms with van der Waals surface area (Å²) >= 11 is 0. The number of carbonyl (C=O) groups is 1. The average molecular weight is 491 g/mol. The maximum absolute atomic E-state index is 14.9. The van der Waals surface area contributed by atoms with Gasteiger partial charge in [-0.25, -0.2) is 4.39 Å². The van der Waals surface area contributed by atoms with Gasteiger partial charge in [0.15, 0.2) is 5.82 Å². The minimum Gasteiger partial charge on any atom is -0.373 e. The second-order valence-corrected chi connectivity index (χ2v) is 9.16. The Balaban J connectivity index is 1.44. The maximum atomic E-state index is 14.9. The molecule has 1 fully saturated rings. The van der Waals surface area contributed by atoms with Crippen LogP contribution in [0.5, 0.6) is 0 Å². The van der Waals surface area contributed by atoms with Gasteiger partial charge in [0.05, 0.1) is 12.6 Å². The van der Waals surface area contributed by atoms with Crippen molar-refractivity contribution in [1.29, 1.82) is 5.26 Å². The number of halogens is 1. The number of hydrogen-bond acceptors (Lipinski definition) is 6. The summed E-state index contributed by atoms with van der Waals surface area (Å²) in [6, 6.07) is 16.9. The number of amides is 1. The number of anilines is 1. The van der Waals surface area contributed by atoms with Crippen molar-refractivity contribution in [2.24, 2.45) is 11.7 Å². The van der Waals surface area contributed by atoms with Crippen LogP contribution in [0.2, 0.25) is 0 Å². The first-order valence-corrected chi connectivity index (χ1v) is 12.2. The Hall–Kier alpha value is -3.74. The molecule has 1 atom stereocenters. The fraction of sp³-hybridized carbons (Fsp3) is 0.370. The third kappa shape index (κ3) is 6.68. The molecule has 1 saturated carbocycles. The number of primary amides is 1. The first-order valence-electron chi connectivity index (χ1n) is 12.2. The van der Waals surface area contributed by atoms with Gasteiger partial charge in [-0.05, 0) is 43.0 Å². The molecule has 1 heterocycles. The van der Waals surface area contributed by atoms with Crippen molar-refractivity contribution in [3.63, 3.8) is 0 Å². The standard InChI is InChI=1S/C27H31FN6O2/c28-24-16-19(8-11-22(24)20-6-2-1-3-7-20)17-33(13-5-4-12-29)14-15-34-18-23(25(30)35)26(32-34)31-27(36)21-9-10-21/h1-3,6-8,11,16,18,21,27,36H,4-5,9-10,13-15,17H2,(H2,30,35)(H,31,32). The molecular formula is C27H31FN6O2. The van der Waals surface area contributed by atoms with Crippen LogP contribution in [-0.2, 0) is 13.1 Å². The number of aliphatic hydroxyl groups excluding tert-OH is 1. The van der Waals surface area contributed by atoms with Crippen molar-refractivity contribution in [3.05, 3.63) is 71.7 Å². The van der Waals surface area contributed by atoms with E-state index < -0.39 is 12.1 Å². The number of nitriles is 1. The Labute approximate surface area is 210 Å². The number of carbonyl (C=O) groups excluding carboxylic acids is 1. The zero-order valence-corrected chi connectivity index (χ0v) is 20.1. The molecule has 0 saturated heterocycles. The summed E-state index contributed by atoms with van der Waals surface area (Å²) in [4.78, 5) is 14.0. The topological polar surface area (TPSA) is 120 Å². The van der Waals surface area contributed by atoms with Crippen LogP contribution in [0.25, 0.3) is 11.1 Å². The zero-order valence-electron chi connectivity index (χ0n) is 20.1. The molecule has 0 radical (unpaired) electrons. The molecule has 0 bridgehead atoms. The lowest BCUT2D eigenvalue weighted by atomic mass is 10.0. The van der Waals surface area contributed by atoms with E-state index >= 15 is 0 Å². The van der Waals surface area contributed by atoms with Crippen molar-refractivity contribution in [2.75, 3.05) is 18.4 Å². The summed E-state index contributed by atoms with van der Waals surface area (Å²) in [5, 5.41) is 26.5. The van der Waals surface area contributed by atoms with Gasteiger partial charge in [0.1, 0.15) is 17.6 Å². The third-order valence-corrected chi connectivity index (χ3v) is 6.31. The highest BCUT2D eigenvalue weighted by Gasteiger charge is 2.31. The minimum absolute atomic E-state index is 0.167. The molecule has 9 heteroatoms. The van der Waals surface area contributed by atoms with Crippen LogP contribution in [0.1, 0.15) is 41.6 Å². The molecule has 1 unspecified atom stereocenters. The Morgan fingerprint density at radius 1 is 1.28 bits per heavy atom. The normalized spacial score (nSPS) is 13.9. The van der Waals surface area contributed by atoms with Crippen LogP contribution in [0.4, 0.5) is 10.2 Å². The Morgan fingerprint density at radius 3 is 2.72 bits per heavy atom. The summed E-state index contributed by atoms with van der Waals surface area (Å²) < 4.78 is 16.5. The van der Waals surface area contributed by atoms with E-state index in [1.807, 2.05) is 36.4 Å². The van der Waals surface area contributed by atoms with Gasteiger partial charge in [-0.3, -0.25) is 14.4 Å². The van der Waals surface area contributed by atoms with Gasteiger partial charge in [-0.1, -0.05) is 42.5 Å². The Bertz CT molecular complexity index is 1220. The molecule has 188 valence electrons. The summed E-state index contributed by atoms with van der Waals surface area (Å²) in [6.07, 6.45) is 3.80. The largest absolute Gasteiger partial charge is 0.373 e. The quantitative estimate of drug-likeness (QED) is 0.248. The van der Waals surface area contributed by atoms with E-state index in [2.05, 4.69) is 21.4 Å². The minimum atomic E-state index is -0.761. The number of aromatic nitrogens is 2. The van der Waals surface area contributed by atoms with Crippen LogP contribution < -0.4 is 11.1 Å². The van der Waals surface area contributed by atoms with E-state index in [0.29, 0.717) is 44.6 Å². The molecule has 0 spiro atoms. The highest BCUT2D eigenvalue weighted by molar-refractivity contribution is 5.97. The van der Waals surface area contributed by atoms with Gasteiger partial charge in [0, 0.05) is 37.2 Å². The van der Waals surface area contributed by atoms with Crippen LogP contribution in [0.3, 0.4) is 0 Å². The predicted octanol–water partition coefficient (Wildman–Crippen LogP) is 3.73. The summed E-state index contributed by atoms with van der Waals surface area (Å²) in [6.45, 7) is 2.19. The molecule has 0 aliphatic heterocycles.